The van der Waals surface area contributed by atoms with Crippen molar-refractivity contribution < 1.29 is 39.3 Å². The van der Waals surface area contributed by atoms with E-state index in [0.29, 0.717) is 5.56 Å². The maximum absolute atomic E-state index is 11.1. The smallest absolute Gasteiger partial charge is 0.508 e. The third-order valence-electron chi connectivity index (χ3n) is 3.51. The van der Waals surface area contributed by atoms with Gasteiger partial charge in [0.2, 0.25) is 0 Å². The third kappa shape index (κ3) is 4.18. The summed E-state index contributed by atoms with van der Waals surface area (Å²) in [6, 6.07) is 7.77. The van der Waals surface area contributed by atoms with Crippen molar-refractivity contribution >= 4 is 7.82 Å². The van der Waals surface area contributed by atoms with Crippen LogP contribution in [0.25, 0.3) is 0 Å². The highest BCUT2D eigenvalue weighted by Crippen LogP contribution is 2.47. The quantitative estimate of drug-likeness (QED) is 0.446. The molecule has 24 heavy (non-hydrogen) atoms. The molecule has 2 rings (SSSR count). The minimum atomic E-state index is -4.97. The molecule has 0 aliphatic heterocycles. The maximum Gasteiger partial charge on any atom is 0.524 e. The van der Waals surface area contributed by atoms with Gasteiger partial charge in [0.1, 0.15) is 23.0 Å². The molecule has 0 aliphatic rings. The molecule has 2 atom stereocenters. The van der Waals surface area contributed by atoms with Crippen molar-refractivity contribution in [2.75, 3.05) is 0 Å². The van der Waals surface area contributed by atoms with E-state index in [4.69, 9.17) is 9.79 Å². The first-order valence-electron chi connectivity index (χ1n) is 6.86. The van der Waals surface area contributed by atoms with Crippen LogP contribution in [-0.2, 0) is 4.57 Å². The number of rotatable bonds is 5. The van der Waals surface area contributed by atoms with Gasteiger partial charge < -0.3 is 24.9 Å². The third-order valence-corrected chi connectivity index (χ3v) is 3.95. The number of aliphatic hydroxyl groups is 1. The van der Waals surface area contributed by atoms with Gasteiger partial charge in [-0.25, -0.2) is 4.57 Å². The summed E-state index contributed by atoms with van der Waals surface area (Å²) in [6.45, 7) is 1.62. The molecule has 0 saturated carbocycles. The molecule has 130 valence electrons. The predicted molar refractivity (Wildman–Crippen MR) is 83.9 cm³/mol. The molecule has 0 fully saturated rings. The molecule has 0 spiro atoms. The molecule has 0 bridgehead atoms. The number of aliphatic hydroxyl groups excluding tert-OH is 1. The molecule has 8 nitrogen and oxygen atoms in total. The Hall–Kier alpha value is -2.25. The second kappa shape index (κ2) is 6.70. The lowest BCUT2D eigenvalue weighted by Crippen LogP contribution is -2.10. The van der Waals surface area contributed by atoms with E-state index in [0.717, 1.165) is 12.1 Å². The van der Waals surface area contributed by atoms with Crippen LogP contribution >= 0.6 is 7.82 Å². The van der Waals surface area contributed by atoms with E-state index < -0.39 is 37.1 Å². The zero-order chi connectivity index (χ0) is 18.1. The summed E-state index contributed by atoms with van der Waals surface area (Å²) in [7, 11) is -4.97. The van der Waals surface area contributed by atoms with E-state index in [2.05, 4.69) is 4.52 Å². The zero-order valence-electron chi connectivity index (χ0n) is 12.6. The predicted octanol–water partition coefficient (Wildman–Crippen LogP) is 2.11. The van der Waals surface area contributed by atoms with Crippen molar-refractivity contribution in [2.45, 2.75) is 18.9 Å². The van der Waals surface area contributed by atoms with Crippen molar-refractivity contribution in [3.8, 4) is 23.0 Å². The number of aromatic hydroxyl groups is 3. The van der Waals surface area contributed by atoms with Gasteiger partial charge >= 0.3 is 7.82 Å². The summed E-state index contributed by atoms with van der Waals surface area (Å²) < 4.78 is 15.5. The first-order valence-corrected chi connectivity index (χ1v) is 8.39. The topological polar surface area (TPSA) is 148 Å². The van der Waals surface area contributed by atoms with Crippen LogP contribution in [0.2, 0.25) is 0 Å². The molecule has 0 heterocycles. The van der Waals surface area contributed by atoms with Gasteiger partial charge in [0.25, 0.3) is 0 Å². The molecule has 0 radical (unpaired) electrons. The Morgan fingerprint density at radius 3 is 2.12 bits per heavy atom. The number of phosphoric ester groups is 1. The van der Waals surface area contributed by atoms with E-state index in [-0.39, 0.29) is 11.3 Å². The van der Waals surface area contributed by atoms with Crippen molar-refractivity contribution in [3.05, 3.63) is 47.5 Å². The van der Waals surface area contributed by atoms with Crippen LogP contribution in [0.5, 0.6) is 23.0 Å². The molecule has 2 aromatic rings. The van der Waals surface area contributed by atoms with Crippen LogP contribution in [0, 0.1) is 0 Å². The van der Waals surface area contributed by atoms with Crippen molar-refractivity contribution in [1.82, 2.24) is 0 Å². The monoisotopic (exact) mass is 356 g/mol. The number of phosphoric acid groups is 1. The Balaban J connectivity index is 2.45. The van der Waals surface area contributed by atoms with Crippen molar-refractivity contribution in [3.63, 3.8) is 0 Å². The van der Waals surface area contributed by atoms with Gasteiger partial charge in [0.05, 0.1) is 11.7 Å². The Labute approximate surface area is 137 Å². The largest absolute Gasteiger partial charge is 0.524 e. The Morgan fingerprint density at radius 2 is 1.58 bits per heavy atom. The van der Waals surface area contributed by atoms with Crippen LogP contribution in [-0.4, -0.2) is 30.2 Å². The fourth-order valence-corrected chi connectivity index (χ4v) is 2.72. The molecule has 6 N–H and O–H groups in total. The van der Waals surface area contributed by atoms with Crippen LogP contribution in [0.15, 0.2) is 36.4 Å². The SMILES string of the molecule is CC(c1ccc(O)cc1)C(O)c1c(O)cc(O)cc1OP(=O)(O)O. The Bertz CT molecular complexity index is 768. The normalized spacial score (nSPS) is 14.2. The van der Waals surface area contributed by atoms with Gasteiger partial charge in [-0.05, 0) is 17.7 Å². The van der Waals surface area contributed by atoms with Crippen LogP contribution < -0.4 is 4.52 Å². The van der Waals surface area contributed by atoms with Crippen LogP contribution in [0.1, 0.15) is 30.1 Å². The van der Waals surface area contributed by atoms with Gasteiger partial charge in [0, 0.05) is 18.1 Å². The van der Waals surface area contributed by atoms with E-state index in [9.17, 15) is 25.0 Å². The van der Waals surface area contributed by atoms with Gasteiger partial charge in [-0.3, -0.25) is 9.79 Å². The summed E-state index contributed by atoms with van der Waals surface area (Å²) in [6.07, 6.45) is -1.39. The lowest BCUT2D eigenvalue weighted by molar-refractivity contribution is 0.145. The van der Waals surface area contributed by atoms with E-state index in [1.807, 2.05) is 0 Å². The summed E-state index contributed by atoms with van der Waals surface area (Å²) in [5.41, 5.74) is 0.339. The molecule has 2 unspecified atom stereocenters. The first-order chi connectivity index (χ1) is 11.1. The van der Waals surface area contributed by atoms with E-state index >= 15 is 0 Å². The zero-order valence-corrected chi connectivity index (χ0v) is 13.5. The van der Waals surface area contributed by atoms with E-state index in [1.165, 1.54) is 12.1 Å². The Morgan fingerprint density at radius 1 is 1.00 bits per heavy atom. The molecule has 0 aromatic heterocycles. The number of phenolic OH excluding ortho intramolecular Hbond substituents is 3. The van der Waals surface area contributed by atoms with Gasteiger partial charge in [0.15, 0.2) is 0 Å². The molecule has 0 aliphatic carbocycles. The standard InChI is InChI=1S/C15H17O8P/c1-8(9-2-4-10(16)5-3-9)15(19)14-12(18)6-11(17)7-13(14)23-24(20,21)22/h2-8,15-19H,1H3,(H2,20,21,22). The average molecular weight is 356 g/mol. The lowest BCUT2D eigenvalue weighted by atomic mass is 9.90. The Kier molecular flexibility index (Phi) is 5.05. The summed E-state index contributed by atoms with van der Waals surface area (Å²) >= 11 is 0. The number of hydrogen-bond donors (Lipinski definition) is 6. The van der Waals surface area contributed by atoms with Crippen molar-refractivity contribution in [1.29, 1.82) is 0 Å². The number of phenols is 3. The minimum absolute atomic E-state index is 0.0402. The lowest BCUT2D eigenvalue weighted by Gasteiger charge is -2.23. The molecule has 2 aromatic carbocycles. The highest BCUT2D eigenvalue weighted by molar-refractivity contribution is 7.46. The molecular formula is C15H17O8P. The second-order valence-corrected chi connectivity index (χ2v) is 6.45. The fourth-order valence-electron chi connectivity index (χ4n) is 2.31. The minimum Gasteiger partial charge on any atom is -0.508 e. The highest BCUT2D eigenvalue weighted by Gasteiger charge is 2.29. The molecule has 0 amide bonds. The van der Waals surface area contributed by atoms with Gasteiger partial charge in [-0.15, -0.1) is 0 Å². The first kappa shape index (κ1) is 18.1. The van der Waals surface area contributed by atoms with Crippen LogP contribution in [0.4, 0.5) is 0 Å². The summed E-state index contributed by atoms with van der Waals surface area (Å²) in [5, 5.41) is 39.3. The average Bonchev–Trinajstić information content (AvgIpc) is 2.44. The molecule has 9 heteroatoms. The van der Waals surface area contributed by atoms with Gasteiger partial charge in [-0.2, -0.15) is 0 Å². The van der Waals surface area contributed by atoms with Crippen LogP contribution in [0.3, 0.4) is 0 Å². The highest BCUT2D eigenvalue weighted by atomic mass is 31.2. The van der Waals surface area contributed by atoms with E-state index in [1.54, 1.807) is 19.1 Å². The van der Waals surface area contributed by atoms with Gasteiger partial charge in [-0.1, -0.05) is 19.1 Å². The molecular weight excluding hydrogens is 339 g/mol. The second-order valence-electron chi connectivity index (χ2n) is 5.28. The van der Waals surface area contributed by atoms with Crippen molar-refractivity contribution in [2.24, 2.45) is 0 Å². The molecule has 0 saturated heterocycles. The number of benzene rings is 2. The summed E-state index contributed by atoms with van der Waals surface area (Å²) in [4.78, 5) is 17.9. The number of hydrogen-bond acceptors (Lipinski definition) is 6. The summed E-state index contributed by atoms with van der Waals surface area (Å²) in [5.74, 6) is -2.15. The fraction of sp³-hybridized carbons (Fsp3) is 0.200. The maximum atomic E-state index is 11.1.